The fourth-order valence-corrected chi connectivity index (χ4v) is 0.897. The zero-order chi connectivity index (χ0) is 7.82. The SMILES string of the molecule is C=CCOCC(CC)CCl. The van der Waals surface area contributed by atoms with Crippen molar-refractivity contribution >= 4 is 11.6 Å². The summed E-state index contributed by atoms with van der Waals surface area (Å²) in [5.41, 5.74) is 0. The zero-order valence-corrected chi connectivity index (χ0v) is 7.23. The smallest absolute Gasteiger partial charge is 0.0644 e. The Bertz CT molecular complexity index is 79.3. The van der Waals surface area contributed by atoms with Crippen LogP contribution in [0.1, 0.15) is 13.3 Å². The molecule has 60 valence electrons. The largest absolute Gasteiger partial charge is 0.377 e. The minimum Gasteiger partial charge on any atom is -0.377 e. The quantitative estimate of drug-likeness (QED) is 0.331. The van der Waals surface area contributed by atoms with Crippen molar-refractivity contribution in [2.24, 2.45) is 5.92 Å². The summed E-state index contributed by atoms with van der Waals surface area (Å²) in [6.07, 6.45) is 2.83. The molecule has 0 radical (unpaired) electrons. The summed E-state index contributed by atoms with van der Waals surface area (Å²) in [5, 5.41) is 0. The van der Waals surface area contributed by atoms with E-state index in [1.165, 1.54) is 0 Å². The Balaban J connectivity index is 3.16. The van der Waals surface area contributed by atoms with Gasteiger partial charge in [-0.25, -0.2) is 0 Å². The molecule has 0 fully saturated rings. The number of hydrogen-bond acceptors (Lipinski definition) is 1. The van der Waals surface area contributed by atoms with Gasteiger partial charge in [-0.1, -0.05) is 13.0 Å². The average molecular weight is 163 g/mol. The summed E-state index contributed by atoms with van der Waals surface area (Å²) in [6.45, 7) is 7.05. The van der Waals surface area contributed by atoms with Crippen molar-refractivity contribution in [2.45, 2.75) is 13.3 Å². The van der Waals surface area contributed by atoms with Gasteiger partial charge in [0.25, 0.3) is 0 Å². The van der Waals surface area contributed by atoms with Crippen LogP contribution < -0.4 is 0 Å². The molecule has 0 saturated carbocycles. The second-order valence-electron chi connectivity index (χ2n) is 2.25. The highest BCUT2D eigenvalue weighted by molar-refractivity contribution is 6.18. The Morgan fingerprint density at radius 3 is 2.80 bits per heavy atom. The van der Waals surface area contributed by atoms with Crippen LogP contribution in [0.5, 0.6) is 0 Å². The van der Waals surface area contributed by atoms with Crippen LogP contribution in [0.4, 0.5) is 0 Å². The summed E-state index contributed by atoms with van der Waals surface area (Å²) < 4.78 is 5.22. The van der Waals surface area contributed by atoms with Crippen LogP contribution in [0.25, 0.3) is 0 Å². The molecule has 0 aliphatic rings. The lowest BCUT2D eigenvalue weighted by Gasteiger charge is -2.09. The van der Waals surface area contributed by atoms with Gasteiger partial charge in [-0.05, 0) is 12.3 Å². The van der Waals surface area contributed by atoms with Crippen molar-refractivity contribution in [2.75, 3.05) is 19.1 Å². The number of hydrogen-bond donors (Lipinski definition) is 0. The Morgan fingerprint density at radius 2 is 2.40 bits per heavy atom. The van der Waals surface area contributed by atoms with Crippen LogP contribution in [0.3, 0.4) is 0 Å². The maximum absolute atomic E-state index is 5.64. The summed E-state index contributed by atoms with van der Waals surface area (Å²) in [4.78, 5) is 0. The molecule has 0 N–H and O–H groups in total. The highest BCUT2D eigenvalue weighted by atomic mass is 35.5. The third-order valence-corrected chi connectivity index (χ3v) is 1.82. The lowest BCUT2D eigenvalue weighted by atomic mass is 10.1. The summed E-state index contributed by atoms with van der Waals surface area (Å²) in [5.74, 6) is 1.19. The number of ether oxygens (including phenoxy) is 1. The molecule has 0 bridgehead atoms. The molecule has 0 aliphatic heterocycles. The number of alkyl halides is 1. The van der Waals surface area contributed by atoms with Crippen molar-refractivity contribution in [1.29, 1.82) is 0 Å². The fourth-order valence-electron chi connectivity index (χ4n) is 0.590. The van der Waals surface area contributed by atoms with E-state index in [4.69, 9.17) is 16.3 Å². The summed E-state index contributed by atoms with van der Waals surface area (Å²) in [7, 11) is 0. The lowest BCUT2D eigenvalue weighted by Crippen LogP contribution is -2.09. The molecule has 0 rings (SSSR count). The van der Waals surface area contributed by atoms with Gasteiger partial charge in [0.1, 0.15) is 0 Å². The molecular formula is C8H15ClO. The van der Waals surface area contributed by atoms with Crippen LogP contribution in [-0.2, 0) is 4.74 Å². The molecule has 0 spiro atoms. The minimum atomic E-state index is 0.501. The first-order valence-corrected chi connectivity index (χ1v) is 4.13. The van der Waals surface area contributed by atoms with Gasteiger partial charge in [0, 0.05) is 5.88 Å². The van der Waals surface area contributed by atoms with Crippen molar-refractivity contribution in [3.63, 3.8) is 0 Å². The predicted molar refractivity (Wildman–Crippen MR) is 45.5 cm³/mol. The molecule has 2 heteroatoms. The van der Waals surface area contributed by atoms with Gasteiger partial charge >= 0.3 is 0 Å². The van der Waals surface area contributed by atoms with E-state index >= 15 is 0 Å². The van der Waals surface area contributed by atoms with Crippen LogP contribution in [0, 0.1) is 5.92 Å². The molecule has 0 saturated heterocycles. The molecule has 0 aromatic carbocycles. The van der Waals surface area contributed by atoms with Crippen LogP contribution in [0.15, 0.2) is 12.7 Å². The molecule has 10 heavy (non-hydrogen) atoms. The van der Waals surface area contributed by atoms with Gasteiger partial charge in [-0.15, -0.1) is 18.2 Å². The van der Waals surface area contributed by atoms with Gasteiger partial charge in [0.15, 0.2) is 0 Å². The third-order valence-electron chi connectivity index (χ3n) is 1.38. The highest BCUT2D eigenvalue weighted by Crippen LogP contribution is 2.04. The van der Waals surface area contributed by atoms with Crippen molar-refractivity contribution in [3.05, 3.63) is 12.7 Å². The second kappa shape index (κ2) is 7.10. The Morgan fingerprint density at radius 1 is 1.70 bits per heavy atom. The molecule has 0 amide bonds. The first-order chi connectivity index (χ1) is 4.85. The molecule has 1 unspecified atom stereocenters. The van der Waals surface area contributed by atoms with Crippen molar-refractivity contribution in [1.82, 2.24) is 0 Å². The van der Waals surface area contributed by atoms with E-state index < -0.39 is 0 Å². The van der Waals surface area contributed by atoms with Crippen LogP contribution >= 0.6 is 11.6 Å². The fraction of sp³-hybridized carbons (Fsp3) is 0.750. The maximum Gasteiger partial charge on any atom is 0.0644 e. The summed E-state index contributed by atoms with van der Waals surface area (Å²) in [6, 6.07) is 0. The molecule has 1 atom stereocenters. The van der Waals surface area contributed by atoms with Gasteiger partial charge in [-0.3, -0.25) is 0 Å². The minimum absolute atomic E-state index is 0.501. The van der Waals surface area contributed by atoms with Crippen molar-refractivity contribution < 1.29 is 4.74 Å². The van der Waals surface area contributed by atoms with E-state index in [0.717, 1.165) is 13.0 Å². The standard InChI is InChI=1S/C8H15ClO/c1-3-5-10-7-8(4-2)6-9/h3,8H,1,4-7H2,2H3. The second-order valence-corrected chi connectivity index (χ2v) is 2.56. The monoisotopic (exact) mass is 162 g/mol. The van der Waals surface area contributed by atoms with Gasteiger partial charge in [0.2, 0.25) is 0 Å². The van der Waals surface area contributed by atoms with E-state index in [0.29, 0.717) is 18.4 Å². The van der Waals surface area contributed by atoms with Crippen LogP contribution in [0.2, 0.25) is 0 Å². The molecule has 0 aromatic heterocycles. The van der Waals surface area contributed by atoms with Gasteiger partial charge in [-0.2, -0.15) is 0 Å². The Kier molecular flexibility index (Phi) is 7.09. The summed E-state index contributed by atoms with van der Waals surface area (Å²) >= 11 is 5.64. The first kappa shape index (κ1) is 9.99. The first-order valence-electron chi connectivity index (χ1n) is 3.59. The normalized spacial score (nSPS) is 13.0. The topological polar surface area (TPSA) is 9.23 Å². The maximum atomic E-state index is 5.64. The molecule has 0 heterocycles. The van der Waals surface area contributed by atoms with Gasteiger partial charge in [0.05, 0.1) is 13.2 Å². The van der Waals surface area contributed by atoms with E-state index in [-0.39, 0.29) is 0 Å². The highest BCUT2D eigenvalue weighted by Gasteiger charge is 2.02. The number of halogens is 1. The average Bonchev–Trinajstić information content (AvgIpc) is 1.99. The van der Waals surface area contributed by atoms with E-state index in [1.54, 1.807) is 6.08 Å². The van der Waals surface area contributed by atoms with Gasteiger partial charge < -0.3 is 4.74 Å². The molecule has 1 nitrogen and oxygen atoms in total. The van der Waals surface area contributed by atoms with Crippen LogP contribution in [-0.4, -0.2) is 19.1 Å². The lowest BCUT2D eigenvalue weighted by molar-refractivity contribution is 0.129. The Hall–Kier alpha value is -0.0100. The van der Waals surface area contributed by atoms with Crippen molar-refractivity contribution in [3.8, 4) is 0 Å². The molecule has 0 aliphatic carbocycles. The third kappa shape index (κ3) is 4.83. The zero-order valence-electron chi connectivity index (χ0n) is 6.48. The molecule has 0 aromatic rings. The molecular weight excluding hydrogens is 148 g/mol. The Labute approximate surface area is 68.0 Å². The number of rotatable bonds is 6. The van der Waals surface area contributed by atoms with E-state index in [9.17, 15) is 0 Å². The van der Waals surface area contributed by atoms with E-state index in [2.05, 4.69) is 13.5 Å². The van der Waals surface area contributed by atoms with E-state index in [1.807, 2.05) is 0 Å². The predicted octanol–water partition coefficient (Wildman–Crippen LogP) is 2.45.